The number of nitrogens with zero attached hydrogens (tertiary/aromatic N) is 2. The van der Waals surface area contributed by atoms with Crippen molar-refractivity contribution in [3.8, 4) is 0 Å². The van der Waals surface area contributed by atoms with Crippen molar-refractivity contribution in [1.29, 1.82) is 0 Å². The van der Waals surface area contributed by atoms with Gasteiger partial charge < -0.3 is 18.8 Å². The van der Waals surface area contributed by atoms with Crippen LogP contribution in [0.15, 0.2) is 32.3 Å². The van der Waals surface area contributed by atoms with Crippen molar-refractivity contribution < 1.29 is 27.1 Å². The fourth-order valence-electron chi connectivity index (χ4n) is 3.69. The Labute approximate surface area is 161 Å². The fourth-order valence-corrected chi connectivity index (χ4v) is 4.93. The Morgan fingerprint density at radius 1 is 1.18 bits per heavy atom. The van der Waals surface area contributed by atoms with E-state index in [2.05, 4.69) is 0 Å². The average Bonchev–Trinajstić information content (AvgIpc) is 3.25. The van der Waals surface area contributed by atoms with Gasteiger partial charge in [0.05, 0.1) is 29.4 Å². The van der Waals surface area contributed by atoms with Crippen molar-refractivity contribution in [3.05, 3.63) is 28.7 Å². The predicted octanol–water partition coefficient (Wildman–Crippen LogP) is 0.661. The van der Waals surface area contributed by atoms with Crippen LogP contribution in [0.5, 0.6) is 0 Å². The first-order valence-corrected chi connectivity index (χ1v) is 10.8. The second kappa shape index (κ2) is 7.02. The van der Waals surface area contributed by atoms with Gasteiger partial charge in [0.15, 0.2) is 21.2 Å². The van der Waals surface area contributed by atoms with Crippen LogP contribution in [0.2, 0.25) is 0 Å². The van der Waals surface area contributed by atoms with E-state index < -0.39 is 21.4 Å². The normalized spacial score (nSPS) is 19.5. The molecule has 4 rings (SSSR count). The molecule has 0 atom stereocenters. The first kappa shape index (κ1) is 19.2. The van der Waals surface area contributed by atoms with E-state index in [1.165, 1.54) is 22.8 Å². The lowest BCUT2D eigenvalue weighted by atomic mass is 10.0. The highest BCUT2D eigenvalue weighted by molar-refractivity contribution is 7.91. The molecule has 1 spiro atoms. The molecule has 1 amide bonds. The molecular weight excluding hydrogens is 388 g/mol. The molecule has 1 aromatic carbocycles. The van der Waals surface area contributed by atoms with E-state index in [0.29, 0.717) is 44.7 Å². The number of amides is 1. The Balaban J connectivity index is 1.39. The van der Waals surface area contributed by atoms with Crippen LogP contribution in [0.3, 0.4) is 0 Å². The molecule has 2 aliphatic rings. The summed E-state index contributed by atoms with van der Waals surface area (Å²) in [5.41, 5.74) is 0.719. The molecule has 1 aromatic heterocycles. The van der Waals surface area contributed by atoms with E-state index in [9.17, 15) is 18.0 Å². The topological polar surface area (TPSA) is 108 Å². The SMILES string of the molecule is Cn1c(=O)oc2cc(S(=O)(=O)CCC(=O)N3CCC4(CC3)OCCO4)ccc21. The minimum atomic E-state index is -3.68. The van der Waals surface area contributed by atoms with Crippen molar-refractivity contribution in [1.82, 2.24) is 9.47 Å². The number of benzene rings is 1. The molecule has 0 aliphatic carbocycles. The van der Waals surface area contributed by atoms with E-state index in [1.807, 2.05) is 0 Å². The second-order valence-corrected chi connectivity index (χ2v) is 9.22. The molecule has 10 heteroatoms. The van der Waals surface area contributed by atoms with Crippen molar-refractivity contribution in [2.45, 2.75) is 29.9 Å². The molecule has 0 unspecified atom stereocenters. The molecule has 0 N–H and O–H groups in total. The highest BCUT2D eigenvalue weighted by Gasteiger charge is 2.40. The maximum absolute atomic E-state index is 12.6. The third-order valence-electron chi connectivity index (χ3n) is 5.40. The lowest BCUT2D eigenvalue weighted by molar-refractivity contribution is -0.187. The fraction of sp³-hybridized carbons (Fsp3) is 0.556. The maximum atomic E-state index is 12.6. The average molecular weight is 410 g/mol. The molecule has 2 aliphatic heterocycles. The minimum Gasteiger partial charge on any atom is -0.408 e. The summed E-state index contributed by atoms with van der Waals surface area (Å²) in [6.45, 7) is 2.11. The van der Waals surface area contributed by atoms with Crippen molar-refractivity contribution >= 4 is 26.8 Å². The van der Waals surface area contributed by atoms with E-state index in [1.54, 1.807) is 11.9 Å². The van der Waals surface area contributed by atoms with Crippen LogP contribution in [0, 0.1) is 0 Å². The highest BCUT2D eigenvalue weighted by atomic mass is 32.2. The van der Waals surface area contributed by atoms with Gasteiger partial charge in [0.2, 0.25) is 5.91 Å². The van der Waals surface area contributed by atoms with Gasteiger partial charge in [-0.1, -0.05) is 0 Å². The monoisotopic (exact) mass is 410 g/mol. The third kappa shape index (κ3) is 3.47. The number of aromatic nitrogens is 1. The molecule has 0 radical (unpaired) electrons. The minimum absolute atomic E-state index is 0.0347. The van der Waals surface area contributed by atoms with Gasteiger partial charge in [-0.05, 0) is 12.1 Å². The Morgan fingerprint density at radius 2 is 1.86 bits per heavy atom. The van der Waals surface area contributed by atoms with Gasteiger partial charge in [-0.3, -0.25) is 9.36 Å². The maximum Gasteiger partial charge on any atom is 0.419 e. The van der Waals surface area contributed by atoms with Crippen molar-refractivity contribution in [2.24, 2.45) is 7.05 Å². The van der Waals surface area contributed by atoms with Gasteiger partial charge >= 0.3 is 5.76 Å². The number of rotatable bonds is 4. The smallest absolute Gasteiger partial charge is 0.408 e. The zero-order chi connectivity index (χ0) is 19.9. The predicted molar refractivity (Wildman–Crippen MR) is 98.6 cm³/mol. The zero-order valence-electron chi connectivity index (χ0n) is 15.5. The number of sulfone groups is 1. The summed E-state index contributed by atoms with van der Waals surface area (Å²) in [6, 6.07) is 4.28. The Kier molecular flexibility index (Phi) is 4.80. The molecule has 2 aromatic rings. The van der Waals surface area contributed by atoms with E-state index in [0.717, 1.165) is 0 Å². The van der Waals surface area contributed by atoms with Crippen LogP contribution >= 0.6 is 0 Å². The first-order chi connectivity index (χ1) is 13.3. The van der Waals surface area contributed by atoms with Crippen molar-refractivity contribution in [2.75, 3.05) is 32.1 Å². The van der Waals surface area contributed by atoms with Gasteiger partial charge in [0.25, 0.3) is 0 Å². The number of piperidine rings is 1. The summed E-state index contributed by atoms with van der Waals surface area (Å²) < 4.78 is 42.9. The Bertz CT molecular complexity index is 1050. The Hall–Kier alpha value is -2.17. The summed E-state index contributed by atoms with van der Waals surface area (Å²) in [5.74, 6) is -1.64. The molecule has 0 bridgehead atoms. The van der Waals surface area contributed by atoms with E-state index in [-0.39, 0.29) is 28.6 Å². The molecule has 3 heterocycles. The first-order valence-electron chi connectivity index (χ1n) is 9.18. The number of ether oxygens (including phenoxy) is 2. The standard InChI is InChI=1S/C18H22N2O7S/c1-19-14-3-2-13(12-15(14)27-17(19)22)28(23,24)11-4-16(21)20-7-5-18(6-8-20)25-9-10-26-18/h2-3,12H,4-11H2,1H3. The van der Waals surface area contributed by atoms with Crippen LogP contribution in [0.4, 0.5) is 0 Å². The third-order valence-corrected chi connectivity index (χ3v) is 7.11. The lowest BCUT2D eigenvalue weighted by Crippen LogP contribution is -2.47. The molecule has 2 fully saturated rings. The number of hydrogen-bond acceptors (Lipinski definition) is 7. The molecule has 152 valence electrons. The highest BCUT2D eigenvalue weighted by Crippen LogP contribution is 2.31. The number of fused-ring (bicyclic) bond motifs is 1. The molecule has 28 heavy (non-hydrogen) atoms. The molecule has 9 nitrogen and oxygen atoms in total. The van der Waals surface area contributed by atoms with Gasteiger partial charge in [0, 0.05) is 45.5 Å². The number of carbonyl (C=O) groups excluding carboxylic acids is 1. The van der Waals surface area contributed by atoms with Crippen LogP contribution in [0.1, 0.15) is 19.3 Å². The quantitative estimate of drug-likeness (QED) is 0.729. The number of likely N-dealkylation sites (tertiary alicyclic amines) is 1. The number of hydrogen-bond donors (Lipinski definition) is 0. The van der Waals surface area contributed by atoms with E-state index in [4.69, 9.17) is 13.9 Å². The van der Waals surface area contributed by atoms with Gasteiger partial charge in [-0.15, -0.1) is 0 Å². The van der Waals surface area contributed by atoms with Crippen LogP contribution in [-0.4, -0.2) is 61.6 Å². The summed E-state index contributed by atoms with van der Waals surface area (Å²) in [7, 11) is -2.13. The van der Waals surface area contributed by atoms with Gasteiger partial charge in [-0.2, -0.15) is 0 Å². The lowest BCUT2D eigenvalue weighted by Gasteiger charge is -2.37. The molecular formula is C18H22N2O7S. The van der Waals surface area contributed by atoms with Gasteiger partial charge in [-0.25, -0.2) is 13.2 Å². The number of oxazole rings is 1. The summed E-state index contributed by atoms with van der Waals surface area (Å²) >= 11 is 0. The number of carbonyl (C=O) groups is 1. The van der Waals surface area contributed by atoms with Crippen LogP contribution < -0.4 is 5.76 Å². The summed E-state index contributed by atoms with van der Waals surface area (Å²) in [6.07, 6.45) is 1.08. The Morgan fingerprint density at radius 3 is 2.54 bits per heavy atom. The number of aryl methyl sites for hydroxylation is 1. The summed E-state index contributed by atoms with van der Waals surface area (Å²) in [4.78, 5) is 25.7. The second-order valence-electron chi connectivity index (χ2n) is 7.11. The largest absolute Gasteiger partial charge is 0.419 e. The summed E-state index contributed by atoms with van der Waals surface area (Å²) in [5, 5.41) is 0. The van der Waals surface area contributed by atoms with Crippen LogP contribution in [0.25, 0.3) is 11.1 Å². The molecule has 2 saturated heterocycles. The van der Waals surface area contributed by atoms with Crippen molar-refractivity contribution in [3.63, 3.8) is 0 Å². The molecule has 0 saturated carbocycles. The van der Waals surface area contributed by atoms with E-state index >= 15 is 0 Å². The van der Waals surface area contributed by atoms with Crippen LogP contribution in [-0.2, 0) is 31.2 Å². The van der Waals surface area contributed by atoms with Gasteiger partial charge in [0.1, 0.15) is 0 Å². The zero-order valence-corrected chi connectivity index (χ0v) is 16.4.